The first-order valence-corrected chi connectivity index (χ1v) is 5.87. The van der Waals surface area contributed by atoms with Crippen LogP contribution in [-0.4, -0.2) is 23.0 Å². The van der Waals surface area contributed by atoms with Gasteiger partial charge in [0.1, 0.15) is 6.08 Å². The van der Waals surface area contributed by atoms with E-state index in [4.69, 9.17) is 7.58 Å². The van der Waals surface area contributed by atoms with E-state index >= 15 is 0 Å². The minimum absolute atomic E-state index is 0.0136. The van der Waals surface area contributed by atoms with Crippen LogP contribution in [0.2, 0.25) is 0 Å². The zero-order chi connectivity index (χ0) is 14.3. The van der Waals surface area contributed by atoms with Gasteiger partial charge >= 0.3 is 0 Å². The fourth-order valence-electron chi connectivity index (χ4n) is 2.06. The van der Waals surface area contributed by atoms with Crippen molar-refractivity contribution in [2.75, 3.05) is 0 Å². The zero-order valence-electron chi connectivity index (χ0n) is 11.7. The maximum atomic E-state index is 12.1. The summed E-state index contributed by atoms with van der Waals surface area (Å²) in [6.07, 6.45) is 1.62. The fraction of sp³-hybridized carbons (Fsp3) is 0.286. The lowest BCUT2D eigenvalue weighted by atomic mass is 10.1. The Labute approximate surface area is 108 Å². The maximum Gasteiger partial charge on any atom is 0.285 e. The van der Waals surface area contributed by atoms with Gasteiger partial charge in [0.15, 0.2) is 0 Å². The van der Waals surface area contributed by atoms with Crippen molar-refractivity contribution < 1.29 is 17.2 Å². The van der Waals surface area contributed by atoms with Gasteiger partial charge in [0.05, 0.1) is 13.9 Å². The van der Waals surface area contributed by atoms with Crippen molar-refractivity contribution in [3.05, 3.63) is 47.5 Å². The van der Waals surface area contributed by atoms with E-state index in [1.165, 1.54) is 0 Å². The smallest absolute Gasteiger partial charge is 0.266 e. The van der Waals surface area contributed by atoms with E-state index in [2.05, 4.69) is 0 Å². The standard InChI is InChI=1S/C14H13NO3/c16-13-11-8-4-5-9-12(11)14(17)15(13)18-10-6-2-1-3-7-10/h2,4-6,8-10H,1,3,7H2/i6D,10D. The molecule has 0 saturated carbocycles. The molecule has 0 saturated heterocycles. The normalized spacial score (nSPS) is 28.7. The Morgan fingerprint density at radius 3 is 2.56 bits per heavy atom. The van der Waals surface area contributed by atoms with E-state index in [1.807, 2.05) is 0 Å². The predicted octanol–water partition coefficient (Wildman–Crippen LogP) is 2.32. The van der Waals surface area contributed by atoms with Crippen LogP contribution in [0.25, 0.3) is 0 Å². The van der Waals surface area contributed by atoms with Crippen LogP contribution in [-0.2, 0) is 4.84 Å². The summed E-state index contributed by atoms with van der Waals surface area (Å²) in [5.41, 5.74) is 0.542. The first-order chi connectivity index (χ1) is 9.53. The van der Waals surface area contributed by atoms with E-state index in [9.17, 15) is 9.59 Å². The van der Waals surface area contributed by atoms with E-state index < -0.39 is 17.9 Å². The number of nitrogens with zero attached hydrogens (tertiary/aromatic N) is 1. The van der Waals surface area contributed by atoms with Crippen molar-refractivity contribution in [1.29, 1.82) is 0 Å². The Bertz CT molecular complexity index is 594. The van der Waals surface area contributed by atoms with Gasteiger partial charge < -0.3 is 0 Å². The molecule has 1 aromatic rings. The van der Waals surface area contributed by atoms with Crippen LogP contribution in [0.5, 0.6) is 0 Å². The van der Waals surface area contributed by atoms with Crippen LogP contribution >= 0.6 is 0 Å². The summed E-state index contributed by atoms with van der Waals surface area (Å²) in [5.74, 6) is -1.15. The van der Waals surface area contributed by atoms with E-state index in [1.54, 1.807) is 30.3 Å². The number of allylic oxidation sites excluding steroid dienone is 1. The van der Waals surface area contributed by atoms with Crippen LogP contribution in [0, 0.1) is 0 Å². The molecule has 0 bridgehead atoms. The topological polar surface area (TPSA) is 46.6 Å². The molecule has 1 atom stereocenters. The number of imide groups is 1. The average Bonchev–Trinajstić information content (AvgIpc) is 2.68. The summed E-state index contributed by atoms with van der Waals surface area (Å²) < 4.78 is 15.9. The number of rotatable bonds is 2. The molecular formula is C14H13NO3. The van der Waals surface area contributed by atoms with Gasteiger partial charge in [-0.05, 0) is 31.4 Å². The van der Waals surface area contributed by atoms with Crippen molar-refractivity contribution in [1.82, 2.24) is 5.06 Å². The third kappa shape index (κ3) is 1.75. The highest BCUT2D eigenvalue weighted by Crippen LogP contribution is 2.25. The van der Waals surface area contributed by atoms with Gasteiger partial charge in [-0.1, -0.05) is 24.3 Å². The highest BCUT2D eigenvalue weighted by Gasteiger charge is 2.37. The molecule has 18 heavy (non-hydrogen) atoms. The SMILES string of the molecule is [2H]C1=CCCCC1([2H])ON1C(=O)c2ccccc2C1=O. The van der Waals surface area contributed by atoms with Gasteiger partial charge in [0.2, 0.25) is 0 Å². The molecule has 2 aliphatic rings. The number of hydrogen-bond acceptors (Lipinski definition) is 3. The Hall–Kier alpha value is -1.94. The van der Waals surface area contributed by atoms with Crippen LogP contribution in [0.4, 0.5) is 0 Å². The third-order valence-corrected chi connectivity index (χ3v) is 2.97. The number of carbonyl (C=O) groups is 2. The lowest BCUT2D eigenvalue weighted by Crippen LogP contribution is -2.34. The van der Waals surface area contributed by atoms with E-state index in [-0.39, 0.29) is 23.6 Å². The molecule has 0 radical (unpaired) electrons. The lowest BCUT2D eigenvalue weighted by Gasteiger charge is -2.21. The van der Waals surface area contributed by atoms with Crippen LogP contribution in [0.15, 0.2) is 36.4 Å². The molecule has 1 aromatic carbocycles. The van der Waals surface area contributed by atoms with Crippen molar-refractivity contribution in [3.63, 3.8) is 0 Å². The second-order valence-electron chi connectivity index (χ2n) is 4.21. The molecule has 0 N–H and O–H groups in total. The van der Waals surface area contributed by atoms with Gasteiger partial charge in [0.25, 0.3) is 11.8 Å². The quantitative estimate of drug-likeness (QED) is 0.593. The van der Waals surface area contributed by atoms with Crippen LogP contribution < -0.4 is 0 Å². The summed E-state index contributed by atoms with van der Waals surface area (Å²) in [6.45, 7) is 0. The minimum atomic E-state index is -1.66. The number of fused-ring (bicyclic) bond motifs is 1. The second-order valence-corrected chi connectivity index (χ2v) is 4.21. The summed E-state index contributed by atoms with van der Waals surface area (Å²) in [5, 5.41) is 0.616. The predicted molar refractivity (Wildman–Crippen MR) is 64.8 cm³/mol. The molecule has 1 heterocycles. The number of benzene rings is 1. The first kappa shape index (κ1) is 9.05. The van der Waals surface area contributed by atoms with Gasteiger partial charge in [-0.3, -0.25) is 14.4 Å². The summed E-state index contributed by atoms with van der Waals surface area (Å²) in [6, 6.07) is 6.42. The molecule has 2 amide bonds. The molecule has 4 heteroatoms. The molecule has 1 aliphatic heterocycles. The molecule has 4 nitrogen and oxygen atoms in total. The van der Waals surface area contributed by atoms with Gasteiger partial charge in [-0.2, -0.15) is 0 Å². The Morgan fingerprint density at radius 2 is 1.94 bits per heavy atom. The summed E-state index contributed by atoms with van der Waals surface area (Å²) in [7, 11) is 0. The summed E-state index contributed by atoms with van der Waals surface area (Å²) in [4.78, 5) is 29.6. The number of amides is 2. The molecule has 0 aromatic heterocycles. The third-order valence-electron chi connectivity index (χ3n) is 2.97. The van der Waals surface area contributed by atoms with Gasteiger partial charge in [-0.15, -0.1) is 5.06 Å². The molecular weight excluding hydrogens is 230 g/mol. The monoisotopic (exact) mass is 245 g/mol. The van der Waals surface area contributed by atoms with Gasteiger partial charge in [-0.25, -0.2) is 0 Å². The number of hydroxylamine groups is 2. The first-order valence-electron chi connectivity index (χ1n) is 6.87. The fourth-order valence-corrected chi connectivity index (χ4v) is 2.06. The lowest BCUT2D eigenvalue weighted by molar-refractivity contribution is -0.119. The molecule has 1 unspecified atom stereocenters. The molecule has 0 fully saturated rings. The van der Waals surface area contributed by atoms with Crippen LogP contribution in [0.1, 0.15) is 42.7 Å². The maximum absolute atomic E-state index is 12.1. The van der Waals surface area contributed by atoms with E-state index in [0.29, 0.717) is 17.9 Å². The Morgan fingerprint density at radius 1 is 1.28 bits per heavy atom. The zero-order valence-corrected chi connectivity index (χ0v) is 9.68. The van der Waals surface area contributed by atoms with Crippen LogP contribution in [0.3, 0.4) is 0 Å². The highest BCUT2D eigenvalue weighted by atomic mass is 16.7. The van der Waals surface area contributed by atoms with E-state index in [0.717, 1.165) is 0 Å². The molecule has 0 spiro atoms. The molecule has 1 aliphatic carbocycles. The number of carbonyl (C=O) groups excluding carboxylic acids is 2. The molecule has 3 rings (SSSR count). The molecule has 92 valence electrons. The number of hydrogen-bond donors (Lipinski definition) is 0. The highest BCUT2D eigenvalue weighted by molar-refractivity contribution is 6.20. The van der Waals surface area contributed by atoms with Crippen molar-refractivity contribution in [3.8, 4) is 0 Å². The average molecular weight is 245 g/mol. The summed E-state index contributed by atoms with van der Waals surface area (Å²) >= 11 is 0. The van der Waals surface area contributed by atoms with Gasteiger partial charge in [0, 0.05) is 0 Å². The largest absolute Gasteiger partial charge is 0.285 e. The van der Waals surface area contributed by atoms with Crippen molar-refractivity contribution >= 4 is 11.8 Å². The Balaban J connectivity index is 1.90. The second kappa shape index (κ2) is 4.38. The van der Waals surface area contributed by atoms with Crippen molar-refractivity contribution in [2.24, 2.45) is 0 Å². The van der Waals surface area contributed by atoms with Crippen molar-refractivity contribution in [2.45, 2.75) is 25.3 Å². The minimum Gasteiger partial charge on any atom is -0.266 e. The Kier molecular flexibility index (Phi) is 2.20.